The second-order valence-electron chi connectivity index (χ2n) is 11.6. The van der Waals surface area contributed by atoms with Crippen molar-refractivity contribution >= 4 is 17.9 Å². The summed E-state index contributed by atoms with van der Waals surface area (Å²) in [6.45, 7) is 17.9. The van der Waals surface area contributed by atoms with Gasteiger partial charge in [-0.15, -0.1) is 0 Å². The molecule has 1 aromatic rings. The smallest absolute Gasteiger partial charge is 0.408 e. The van der Waals surface area contributed by atoms with Crippen molar-refractivity contribution in [3.05, 3.63) is 34.9 Å². The zero-order chi connectivity index (χ0) is 27.2. The van der Waals surface area contributed by atoms with Crippen molar-refractivity contribution in [2.24, 2.45) is 11.8 Å². The van der Waals surface area contributed by atoms with Gasteiger partial charge in [0.1, 0.15) is 17.7 Å². The van der Waals surface area contributed by atoms with E-state index in [4.69, 9.17) is 4.74 Å². The molecule has 1 aromatic carbocycles. The Morgan fingerprint density at radius 1 is 1.11 bits per heavy atom. The van der Waals surface area contributed by atoms with Gasteiger partial charge in [0.25, 0.3) is 0 Å². The molecule has 0 bridgehead atoms. The van der Waals surface area contributed by atoms with E-state index in [0.29, 0.717) is 6.54 Å². The fraction of sp³-hybridized carbons (Fsp3) is 0.690. The van der Waals surface area contributed by atoms with E-state index in [2.05, 4.69) is 24.5 Å². The highest BCUT2D eigenvalue weighted by Crippen LogP contribution is 2.42. The molecular weight excluding hydrogens is 454 g/mol. The van der Waals surface area contributed by atoms with E-state index in [1.54, 1.807) is 25.7 Å². The normalized spacial score (nSPS) is 18.8. The molecule has 0 saturated heterocycles. The lowest BCUT2D eigenvalue weighted by Crippen LogP contribution is -2.56. The van der Waals surface area contributed by atoms with Crippen LogP contribution in [0.15, 0.2) is 18.2 Å². The van der Waals surface area contributed by atoms with Gasteiger partial charge in [-0.3, -0.25) is 9.59 Å². The van der Waals surface area contributed by atoms with Crippen molar-refractivity contribution in [3.8, 4) is 0 Å². The fourth-order valence-electron chi connectivity index (χ4n) is 4.62. The number of unbranched alkanes of at least 4 members (excludes halogenated alkanes) is 2. The van der Waals surface area contributed by atoms with Gasteiger partial charge in [0.15, 0.2) is 0 Å². The summed E-state index contributed by atoms with van der Waals surface area (Å²) in [5.74, 6) is -0.326. The first-order valence-corrected chi connectivity index (χ1v) is 13.4. The van der Waals surface area contributed by atoms with Gasteiger partial charge in [-0.05, 0) is 76.0 Å². The molecule has 1 saturated carbocycles. The number of hydrogen-bond acceptors (Lipinski definition) is 4. The van der Waals surface area contributed by atoms with Crippen LogP contribution < -0.4 is 10.6 Å². The number of nitrogens with one attached hydrogen (secondary N) is 2. The number of carbonyl (C=O) groups is 3. The van der Waals surface area contributed by atoms with E-state index >= 15 is 0 Å². The second-order valence-corrected chi connectivity index (χ2v) is 11.6. The van der Waals surface area contributed by atoms with Gasteiger partial charge in [-0.2, -0.15) is 0 Å². The lowest BCUT2D eigenvalue weighted by molar-refractivity contribution is -0.144. The van der Waals surface area contributed by atoms with E-state index in [1.165, 1.54) is 0 Å². The summed E-state index contributed by atoms with van der Waals surface area (Å²) in [4.78, 5) is 42.4. The maximum Gasteiger partial charge on any atom is 0.408 e. The molecule has 4 atom stereocenters. The number of benzene rings is 1. The lowest BCUT2D eigenvalue weighted by Gasteiger charge is -2.37. The number of alkyl carbamates (subject to hydrolysis) is 1. The van der Waals surface area contributed by atoms with E-state index in [0.717, 1.165) is 42.4 Å². The maximum atomic E-state index is 14.2. The third kappa shape index (κ3) is 7.97. The molecule has 1 fully saturated rings. The number of rotatable bonds is 11. The SMILES string of the molecule is CCCCCNC(=O)C(c1c(C)cccc1C)N(C(=O)C(NC(=O)OC(C)(C)C)C(C)C)C1CC1C. The number of hydrogen-bond donors (Lipinski definition) is 2. The summed E-state index contributed by atoms with van der Waals surface area (Å²) in [6.07, 6.45) is 3.18. The molecule has 7 heteroatoms. The average molecular weight is 502 g/mol. The van der Waals surface area contributed by atoms with Gasteiger partial charge < -0.3 is 20.3 Å². The molecule has 202 valence electrons. The molecule has 2 rings (SSSR count). The van der Waals surface area contributed by atoms with Crippen LogP contribution in [0, 0.1) is 25.7 Å². The van der Waals surface area contributed by atoms with Gasteiger partial charge in [-0.25, -0.2) is 4.79 Å². The molecule has 0 heterocycles. The number of nitrogens with zero attached hydrogens (tertiary/aromatic N) is 1. The maximum absolute atomic E-state index is 14.2. The molecule has 7 nitrogen and oxygen atoms in total. The van der Waals surface area contributed by atoms with Gasteiger partial charge in [0, 0.05) is 12.6 Å². The molecule has 0 aromatic heterocycles. The van der Waals surface area contributed by atoms with Crippen LogP contribution >= 0.6 is 0 Å². The fourth-order valence-corrected chi connectivity index (χ4v) is 4.62. The summed E-state index contributed by atoms with van der Waals surface area (Å²) < 4.78 is 5.45. The van der Waals surface area contributed by atoms with Crippen LogP contribution in [0.3, 0.4) is 0 Å². The molecule has 3 amide bonds. The summed E-state index contributed by atoms with van der Waals surface area (Å²) in [5.41, 5.74) is 2.11. The summed E-state index contributed by atoms with van der Waals surface area (Å²) in [6, 6.07) is 4.29. The average Bonchev–Trinajstić information content (AvgIpc) is 3.48. The van der Waals surface area contributed by atoms with E-state index < -0.39 is 23.8 Å². The molecule has 0 radical (unpaired) electrons. The van der Waals surface area contributed by atoms with Gasteiger partial charge in [-0.1, -0.05) is 58.7 Å². The predicted octanol–water partition coefficient (Wildman–Crippen LogP) is 5.44. The molecule has 1 aliphatic rings. The van der Waals surface area contributed by atoms with Crippen molar-refractivity contribution < 1.29 is 19.1 Å². The number of ether oxygens (including phenoxy) is 1. The molecule has 4 unspecified atom stereocenters. The standard InChI is InChI=1S/C29H47N3O4/c1-10-11-12-16-30-26(33)25(23-19(4)14-13-15-20(23)5)32(22-17-21(22)6)27(34)24(18(2)3)31-28(35)36-29(7,8)9/h13-15,18,21-22,24-25H,10-12,16-17H2,1-9H3,(H,30,33)(H,31,35). The largest absolute Gasteiger partial charge is 0.444 e. The topological polar surface area (TPSA) is 87.7 Å². The van der Waals surface area contributed by atoms with Crippen molar-refractivity contribution in [1.29, 1.82) is 0 Å². The Bertz CT molecular complexity index is 901. The number of carbonyl (C=O) groups excluding carboxylic acids is 3. The Kier molecular flexibility index (Phi) is 10.4. The van der Waals surface area contributed by atoms with E-state index in [1.807, 2.05) is 45.9 Å². The summed E-state index contributed by atoms with van der Waals surface area (Å²) in [5, 5.41) is 5.90. The third-order valence-electron chi connectivity index (χ3n) is 6.71. The molecular formula is C29H47N3O4. The second kappa shape index (κ2) is 12.6. The Balaban J connectivity index is 2.49. The highest BCUT2D eigenvalue weighted by atomic mass is 16.6. The molecule has 0 spiro atoms. The van der Waals surface area contributed by atoms with Crippen LogP contribution in [0.4, 0.5) is 4.79 Å². The molecule has 36 heavy (non-hydrogen) atoms. The summed E-state index contributed by atoms with van der Waals surface area (Å²) in [7, 11) is 0. The quantitative estimate of drug-likeness (QED) is 0.395. The van der Waals surface area contributed by atoms with Crippen molar-refractivity contribution in [3.63, 3.8) is 0 Å². The third-order valence-corrected chi connectivity index (χ3v) is 6.71. The van der Waals surface area contributed by atoms with Crippen LogP contribution in [0.5, 0.6) is 0 Å². The van der Waals surface area contributed by atoms with Crippen LogP contribution in [-0.4, -0.2) is 47.0 Å². The lowest BCUT2D eigenvalue weighted by atomic mass is 9.92. The zero-order valence-electron chi connectivity index (χ0n) is 23.7. The van der Waals surface area contributed by atoms with Crippen LogP contribution in [0.25, 0.3) is 0 Å². The monoisotopic (exact) mass is 501 g/mol. The Labute approximate surface area is 217 Å². The van der Waals surface area contributed by atoms with Crippen molar-refractivity contribution in [2.45, 2.75) is 112 Å². The Morgan fingerprint density at radius 3 is 2.17 bits per heavy atom. The molecule has 0 aliphatic heterocycles. The Morgan fingerprint density at radius 2 is 1.69 bits per heavy atom. The van der Waals surface area contributed by atoms with E-state index in [9.17, 15) is 14.4 Å². The number of amides is 3. The molecule has 1 aliphatic carbocycles. The first-order chi connectivity index (χ1) is 16.8. The predicted molar refractivity (Wildman–Crippen MR) is 144 cm³/mol. The van der Waals surface area contributed by atoms with Crippen LogP contribution in [0.1, 0.15) is 96.9 Å². The van der Waals surface area contributed by atoms with Gasteiger partial charge in [0.05, 0.1) is 0 Å². The van der Waals surface area contributed by atoms with Crippen molar-refractivity contribution in [1.82, 2.24) is 15.5 Å². The minimum absolute atomic E-state index is 0.0652. The van der Waals surface area contributed by atoms with Crippen LogP contribution in [0.2, 0.25) is 0 Å². The van der Waals surface area contributed by atoms with Crippen LogP contribution in [-0.2, 0) is 14.3 Å². The first kappa shape index (κ1) is 29.7. The summed E-state index contributed by atoms with van der Waals surface area (Å²) >= 11 is 0. The first-order valence-electron chi connectivity index (χ1n) is 13.4. The van der Waals surface area contributed by atoms with Gasteiger partial charge in [0.2, 0.25) is 11.8 Å². The minimum Gasteiger partial charge on any atom is -0.444 e. The van der Waals surface area contributed by atoms with E-state index in [-0.39, 0.29) is 29.7 Å². The number of aryl methyl sites for hydroxylation is 2. The Hall–Kier alpha value is -2.57. The zero-order valence-corrected chi connectivity index (χ0v) is 23.7. The van der Waals surface area contributed by atoms with Gasteiger partial charge >= 0.3 is 6.09 Å². The highest BCUT2D eigenvalue weighted by molar-refractivity contribution is 5.93. The minimum atomic E-state index is -0.813. The molecule has 2 N–H and O–H groups in total. The highest BCUT2D eigenvalue weighted by Gasteiger charge is 2.49. The van der Waals surface area contributed by atoms with Crippen molar-refractivity contribution in [2.75, 3.05) is 6.54 Å².